The molecule has 180 valence electrons. The molecule has 3 saturated heterocycles. The fraction of sp³-hybridized carbons (Fsp3) is 0.636. The molecular formula is C22H29F2N5O4. The summed E-state index contributed by atoms with van der Waals surface area (Å²) in [5.74, 6) is -0.778. The standard InChI is InChI=1S/C22H29F2N5O4/c1-27-20-15(29(22(27)32)16-4-5-18(30)26-21(16)31)3-2-14(19(20)24)28-9-12(10-28)11-33-17-6-7-25-8-13(17)23/h2-3,12-13,16-18,25,30H,4-11H2,1H3,(H,26,31)/t13-,16?,17+,18?/m1/s1. The Morgan fingerprint density at radius 3 is 2.73 bits per heavy atom. The number of imidazole rings is 1. The summed E-state index contributed by atoms with van der Waals surface area (Å²) in [4.78, 5) is 27.2. The second-order valence-electron chi connectivity index (χ2n) is 9.25. The Kier molecular flexibility index (Phi) is 5.87. The molecular weight excluding hydrogens is 436 g/mol. The number of carbonyl (C=O) groups excluding carboxylic acids is 1. The van der Waals surface area contributed by atoms with Crippen molar-refractivity contribution in [3.8, 4) is 0 Å². The van der Waals surface area contributed by atoms with E-state index in [1.807, 2.05) is 4.90 Å². The maximum absolute atomic E-state index is 15.5. The molecule has 4 atom stereocenters. The second-order valence-corrected chi connectivity index (χ2v) is 9.25. The van der Waals surface area contributed by atoms with Gasteiger partial charge in [0.15, 0.2) is 5.82 Å². The summed E-state index contributed by atoms with van der Waals surface area (Å²) < 4.78 is 37.7. The molecule has 4 heterocycles. The van der Waals surface area contributed by atoms with E-state index >= 15 is 4.39 Å². The highest BCUT2D eigenvalue weighted by molar-refractivity contribution is 5.86. The molecule has 0 aliphatic carbocycles. The lowest BCUT2D eigenvalue weighted by molar-refractivity contribution is -0.130. The Bertz CT molecular complexity index is 1110. The molecule has 1 amide bonds. The number of piperidine rings is 2. The maximum atomic E-state index is 15.5. The maximum Gasteiger partial charge on any atom is 0.329 e. The van der Waals surface area contributed by atoms with Crippen LogP contribution in [0.15, 0.2) is 16.9 Å². The Hall–Kier alpha value is -2.50. The van der Waals surface area contributed by atoms with Crippen LogP contribution >= 0.6 is 0 Å². The van der Waals surface area contributed by atoms with Gasteiger partial charge < -0.3 is 25.4 Å². The highest BCUT2D eigenvalue weighted by atomic mass is 19.1. The van der Waals surface area contributed by atoms with Crippen LogP contribution in [-0.2, 0) is 16.6 Å². The van der Waals surface area contributed by atoms with Gasteiger partial charge in [-0.1, -0.05) is 0 Å². The van der Waals surface area contributed by atoms with Crippen molar-refractivity contribution in [2.75, 3.05) is 37.7 Å². The predicted octanol–water partition coefficient (Wildman–Crippen LogP) is 0.401. The summed E-state index contributed by atoms with van der Waals surface area (Å²) in [6.07, 6.45) is -1.07. The van der Waals surface area contributed by atoms with Crippen molar-refractivity contribution < 1.29 is 23.4 Å². The number of hydrogen-bond acceptors (Lipinski definition) is 6. The van der Waals surface area contributed by atoms with E-state index in [1.165, 1.54) is 16.2 Å². The molecule has 0 bridgehead atoms. The van der Waals surface area contributed by atoms with Crippen LogP contribution in [0.3, 0.4) is 0 Å². The lowest BCUT2D eigenvalue weighted by atomic mass is 9.99. The first-order valence-corrected chi connectivity index (χ1v) is 11.4. The van der Waals surface area contributed by atoms with E-state index in [0.29, 0.717) is 56.7 Å². The number of fused-ring (bicyclic) bond motifs is 1. The van der Waals surface area contributed by atoms with Gasteiger partial charge >= 0.3 is 5.69 Å². The molecule has 0 radical (unpaired) electrons. The first-order chi connectivity index (χ1) is 15.8. The van der Waals surface area contributed by atoms with E-state index in [1.54, 1.807) is 12.1 Å². The number of halogens is 2. The Balaban J connectivity index is 1.32. The van der Waals surface area contributed by atoms with Crippen molar-refractivity contribution in [1.29, 1.82) is 0 Å². The highest BCUT2D eigenvalue weighted by Crippen LogP contribution is 2.33. The van der Waals surface area contributed by atoms with Gasteiger partial charge in [-0.25, -0.2) is 13.6 Å². The Morgan fingerprint density at radius 1 is 1.21 bits per heavy atom. The van der Waals surface area contributed by atoms with Crippen LogP contribution in [0, 0.1) is 11.7 Å². The van der Waals surface area contributed by atoms with Crippen LogP contribution in [0.5, 0.6) is 0 Å². The van der Waals surface area contributed by atoms with Gasteiger partial charge in [-0.3, -0.25) is 13.9 Å². The van der Waals surface area contributed by atoms with Gasteiger partial charge in [-0.2, -0.15) is 0 Å². The lowest BCUT2D eigenvalue weighted by Gasteiger charge is -2.42. The van der Waals surface area contributed by atoms with Crippen LogP contribution in [0.1, 0.15) is 25.3 Å². The van der Waals surface area contributed by atoms with Crippen LogP contribution in [-0.4, -0.2) is 71.4 Å². The van der Waals surface area contributed by atoms with Crippen molar-refractivity contribution in [2.24, 2.45) is 13.0 Å². The molecule has 0 saturated carbocycles. The molecule has 3 aliphatic rings. The molecule has 3 N–H and O–H groups in total. The number of nitrogens with zero attached hydrogens (tertiary/aromatic N) is 3. The number of carbonyl (C=O) groups is 1. The Labute approximate surface area is 189 Å². The van der Waals surface area contributed by atoms with E-state index in [2.05, 4.69) is 10.6 Å². The number of aliphatic hydroxyl groups is 1. The molecule has 9 nitrogen and oxygen atoms in total. The zero-order chi connectivity index (χ0) is 23.3. The molecule has 0 spiro atoms. The van der Waals surface area contributed by atoms with Gasteiger partial charge in [-0.15, -0.1) is 0 Å². The molecule has 1 aromatic carbocycles. The summed E-state index contributed by atoms with van der Waals surface area (Å²) in [7, 11) is 1.49. The van der Waals surface area contributed by atoms with E-state index in [4.69, 9.17) is 4.74 Å². The van der Waals surface area contributed by atoms with E-state index in [0.717, 1.165) is 6.54 Å². The van der Waals surface area contributed by atoms with Gasteiger partial charge in [0.25, 0.3) is 0 Å². The van der Waals surface area contributed by atoms with Gasteiger partial charge in [0.1, 0.15) is 24.0 Å². The first kappa shape index (κ1) is 22.3. The zero-order valence-corrected chi connectivity index (χ0v) is 18.5. The molecule has 2 aromatic rings. The fourth-order valence-corrected chi connectivity index (χ4v) is 5.10. The number of benzene rings is 1. The van der Waals surface area contributed by atoms with Crippen molar-refractivity contribution in [2.45, 2.75) is 43.8 Å². The third-order valence-corrected chi connectivity index (χ3v) is 6.99. The van der Waals surface area contributed by atoms with Crippen LogP contribution < -0.4 is 21.2 Å². The minimum atomic E-state index is -1.00. The highest BCUT2D eigenvalue weighted by Gasteiger charge is 2.35. The van der Waals surface area contributed by atoms with Crippen molar-refractivity contribution >= 4 is 22.6 Å². The number of rotatable bonds is 5. The minimum absolute atomic E-state index is 0.145. The zero-order valence-electron chi connectivity index (χ0n) is 18.5. The van der Waals surface area contributed by atoms with Crippen LogP contribution in [0.4, 0.5) is 14.5 Å². The molecule has 3 fully saturated rings. The molecule has 3 aliphatic heterocycles. The normalized spacial score (nSPS) is 28.7. The SMILES string of the molecule is Cn1c(=O)n(C2CCC(O)NC2=O)c2ccc(N3CC(CO[C@H]4CCNC[C@H]4F)C3)c(F)c21. The molecule has 33 heavy (non-hydrogen) atoms. The monoisotopic (exact) mass is 465 g/mol. The topological polar surface area (TPSA) is 101 Å². The molecule has 2 unspecified atom stereocenters. The van der Waals surface area contributed by atoms with Gasteiger partial charge in [0.2, 0.25) is 5.91 Å². The summed E-state index contributed by atoms with van der Waals surface area (Å²) in [5.41, 5.74) is 0.405. The number of ether oxygens (including phenoxy) is 1. The second kappa shape index (κ2) is 8.69. The van der Waals surface area contributed by atoms with Gasteiger partial charge in [0, 0.05) is 32.6 Å². The number of hydrogen-bond donors (Lipinski definition) is 3. The van der Waals surface area contributed by atoms with Gasteiger partial charge in [-0.05, 0) is 37.9 Å². The summed E-state index contributed by atoms with van der Waals surface area (Å²) in [6, 6.07) is 2.50. The van der Waals surface area contributed by atoms with E-state index in [-0.39, 0.29) is 17.5 Å². The average Bonchev–Trinajstić information content (AvgIpc) is 3.00. The molecule has 5 rings (SSSR count). The quantitative estimate of drug-likeness (QED) is 0.591. The molecule has 1 aromatic heterocycles. The van der Waals surface area contributed by atoms with Gasteiger partial charge in [0.05, 0.1) is 23.9 Å². The van der Waals surface area contributed by atoms with Crippen molar-refractivity contribution in [1.82, 2.24) is 19.8 Å². The fourth-order valence-electron chi connectivity index (χ4n) is 5.10. The van der Waals surface area contributed by atoms with Crippen molar-refractivity contribution in [3.63, 3.8) is 0 Å². The lowest BCUT2D eigenvalue weighted by Crippen LogP contribution is -2.51. The summed E-state index contributed by atoms with van der Waals surface area (Å²) >= 11 is 0. The minimum Gasteiger partial charge on any atom is -0.375 e. The number of amides is 1. The van der Waals surface area contributed by atoms with Crippen LogP contribution in [0.2, 0.25) is 0 Å². The largest absolute Gasteiger partial charge is 0.375 e. The number of anilines is 1. The summed E-state index contributed by atoms with van der Waals surface area (Å²) in [5, 5.41) is 15.1. The first-order valence-electron chi connectivity index (χ1n) is 11.4. The van der Waals surface area contributed by atoms with Crippen molar-refractivity contribution in [3.05, 3.63) is 28.4 Å². The number of aromatic nitrogens is 2. The summed E-state index contributed by atoms with van der Waals surface area (Å²) in [6.45, 7) is 2.66. The average molecular weight is 466 g/mol. The third kappa shape index (κ3) is 3.91. The van der Waals surface area contributed by atoms with E-state index < -0.39 is 35.9 Å². The Morgan fingerprint density at radius 2 is 2.00 bits per heavy atom. The smallest absolute Gasteiger partial charge is 0.329 e. The predicted molar refractivity (Wildman–Crippen MR) is 117 cm³/mol. The number of alkyl halides is 1. The van der Waals surface area contributed by atoms with Crippen LogP contribution in [0.25, 0.3) is 11.0 Å². The number of aliphatic hydroxyl groups excluding tert-OH is 1. The van der Waals surface area contributed by atoms with E-state index in [9.17, 15) is 19.1 Å². The molecule has 11 heteroatoms. The number of aryl methyl sites for hydroxylation is 1. The number of nitrogens with one attached hydrogen (secondary N) is 2. The third-order valence-electron chi connectivity index (χ3n) is 6.99.